The molecule has 0 aromatic heterocycles. The van der Waals surface area contributed by atoms with Crippen molar-refractivity contribution < 1.29 is 5.11 Å². The van der Waals surface area contributed by atoms with Crippen molar-refractivity contribution >= 4 is 0 Å². The number of rotatable bonds is 4. The Kier molecular flexibility index (Phi) is 3.81. The van der Waals surface area contributed by atoms with Gasteiger partial charge in [-0.25, -0.2) is 5.11 Å². The van der Waals surface area contributed by atoms with Crippen LogP contribution < -0.4 is 0 Å². The van der Waals surface area contributed by atoms with Crippen LogP contribution in [-0.2, 0) is 11.5 Å². The molecule has 0 amide bonds. The first kappa shape index (κ1) is 9.27. The summed E-state index contributed by atoms with van der Waals surface area (Å²) in [6, 6.07) is 9.96. The summed E-state index contributed by atoms with van der Waals surface area (Å²) >= 11 is 0. The molecule has 0 spiro atoms. The zero-order valence-corrected chi connectivity index (χ0v) is 7.49. The van der Waals surface area contributed by atoms with Crippen LogP contribution in [0.15, 0.2) is 30.3 Å². The SMILES string of the molecule is CCCC([O])Cc1ccccc1. The Hall–Kier alpha value is -0.820. The topological polar surface area (TPSA) is 19.9 Å². The predicted octanol–water partition coefficient (Wildman–Crippen LogP) is 2.83. The van der Waals surface area contributed by atoms with Crippen molar-refractivity contribution in [3.05, 3.63) is 35.9 Å². The van der Waals surface area contributed by atoms with E-state index in [1.54, 1.807) is 0 Å². The molecule has 0 aliphatic heterocycles. The molecule has 1 aromatic rings. The summed E-state index contributed by atoms with van der Waals surface area (Å²) in [6.45, 7) is 2.05. The maximum atomic E-state index is 11.3. The van der Waals surface area contributed by atoms with Crippen LogP contribution in [0.1, 0.15) is 25.3 Å². The van der Waals surface area contributed by atoms with E-state index in [0.717, 1.165) is 18.4 Å². The van der Waals surface area contributed by atoms with Gasteiger partial charge in [-0.15, -0.1) is 0 Å². The molecule has 0 saturated carbocycles. The molecule has 1 aromatic carbocycles. The summed E-state index contributed by atoms with van der Waals surface area (Å²) in [6.07, 6.45) is 2.03. The minimum Gasteiger partial charge on any atom is -0.233 e. The Bertz CT molecular complexity index is 206. The zero-order valence-electron chi connectivity index (χ0n) is 7.49. The molecule has 1 nitrogen and oxygen atoms in total. The number of benzene rings is 1. The van der Waals surface area contributed by atoms with Gasteiger partial charge in [0.1, 0.15) is 0 Å². The van der Waals surface area contributed by atoms with Crippen molar-refractivity contribution in [2.45, 2.75) is 32.3 Å². The normalized spacial score (nSPS) is 12.8. The van der Waals surface area contributed by atoms with Gasteiger partial charge in [-0.3, -0.25) is 0 Å². The molecule has 65 valence electrons. The monoisotopic (exact) mass is 163 g/mol. The lowest BCUT2D eigenvalue weighted by molar-refractivity contribution is 0.0809. The number of hydrogen-bond donors (Lipinski definition) is 0. The minimum absolute atomic E-state index is 0.419. The van der Waals surface area contributed by atoms with Crippen LogP contribution in [0.25, 0.3) is 0 Å². The Morgan fingerprint density at radius 1 is 1.25 bits per heavy atom. The summed E-state index contributed by atoms with van der Waals surface area (Å²) in [4.78, 5) is 0. The maximum absolute atomic E-state index is 11.3. The van der Waals surface area contributed by atoms with Crippen molar-refractivity contribution in [3.8, 4) is 0 Å². The van der Waals surface area contributed by atoms with Gasteiger partial charge < -0.3 is 0 Å². The van der Waals surface area contributed by atoms with Crippen LogP contribution in [0.2, 0.25) is 0 Å². The zero-order chi connectivity index (χ0) is 8.81. The van der Waals surface area contributed by atoms with Gasteiger partial charge >= 0.3 is 0 Å². The van der Waals surface area contributed by atoms with Gasteiger partial charge in [0.05, 0.1) is 6.10 Å². The first-order valence-electron chi connectivity index (χ1n) is 4.52. The Morgan fingerprint density at radius 2 is 1.92 bits per heavy atom. The lowest BCUT2D eigenvalue weighted by Gasteiger charge is -2.05. The lowest BCUT2D eigenvalue weighted by Crippen LogP contribution is -2.07. The fraction of sp³-hybridized carbons (Fsp3) is 0.455. The summed E-state index contributed by atoms with van der Waals surface area (Å²) < 4.78 is 0. The largest absolute Gasteiger partial charge is 0.233 e. The molecule has 0 saturated heterocycles. The highest BCUT2D eigenvalue weighted by molar-refractivity contribution is 5.15. The first-order chi connectivity index (χ1) is 5.83. The molecular formula is C11H15O. The second kappa shape index (κ2) is 4.94. The average Bonchev–Trinajstić information content (AvgIpc) is 2.06. The smallest absolute Gasteiger partial charge is 0.0970 e. The molecule has 1 rings (SSSR count). The van der Waals surface area contributed by atoms with Gasteiger partial charge in [-0.1, -0.05) is 43.7 Å². The standard InChI is InChI=1S/C11H15O/c1-2-6-11(12)9-10-7-4-3-5-8-10/h3-5,7-8,11H,2,6,9H2,1H3. The highest BCUT2D eigenvalue weighted by Crippen LogP contribution is 2.07. The molecule has 0 fully saturated rings. The second-order valence-corrected chi connectivity index (χ2v) is 3.10. The van der Waals surface area contributed by atoms with E-state index in [0.29, 0.717) is 6.42 Å². The summed E-state index contributed by atoms with van der Waals surface area (Å²) in [5, 5.41) is 11.3. The lowest BCUT2D eigenvalue weighted by atomic mass is 10.1. The molecule has 12 heavy (non-hydrogen) atoms. The van der Waals surface area contributed by atoms with Crippen molar-refractivity contribution in [1.82, 2.24) is 0 Å². The number of hydrogen-bond acceptors (Lipinski definition) is 0. The average molecular weight is 163 g/mol. The van der Waals surface area contributed by atoms with E-state index in [1.807, 2.05) is 30.3 Å². The quantitative estimate of drug-likeness (QED) is 0.650. The van der Waals surface area contributed by atoms with Crippen LogP contribution in [0, 0.1) is 0 Å². The molecule has 0 bridgehead atoms. The maximum Gasteiger partial charge on any atom is 0.0970 e. The van der Waals surface area contributed by atoms with E-state index in [-0.39, 0.29) is 0 Å². The van der Waals surface area contributed by atoms with E-state index in [4.69, 9.17) is 0 Å². The molecule has 1 atom stereocenters. The van der Waals surface area contributed by atoms with Crippen LogP contribution in [0.4, 0.5) is 0 Å². The summed E-state index contributed by atoms with van der Waals surface area (Å²) in [7, 11) is 0. The van der Waals surface area contributed by atoms with Crippen molar-refractivity contribution in [1.29, 1.82) is 0 Å². The molecule has 0 aliphatic rings. The third-order valence-corrected chi connectivity index (χ3v) is 1.92. The summed E-state index contributed by atoms with van der Waals surface area (Å²) in [5.41, 5.74) is 1.16. The molecule has 1 heteroatoms. The minimum atomic E-state index is -0.419. The van der Waals surface area contributed by atoms with E-state index < -0.39 is 6.10 Å². The highest BCUT2D eigenvalue weighted by Gasteiger charge is 2.04. The second-order valence-electron chi connectivity index (χ2n) is 3.10. The van der Waals surface area contributed by atoms with Crippen molar-refractivity contribution in [3.63, 3.8) is 0 Å². The molecule has 1 radical (unpaired) electrons. The van der Waals surface area contributed by atoms with E-state index in [2.05, 4.69) is 6.92 Å². The van der Waals surface area contributed by atoms with Gasteiger partial charge in [0.25, 0.3) is 0 Å². The fourth-order valence-corrected chi connectivity index (χ4v) is 1.30. The third kappa shape index (κ3) is 3.05. The fourth-order valence-electron chi connectivity index (χ4n) is 1.30. The van der Waals surface area contributed by atoms with Crippen LogP contribution in [0.3, 0.4) is 0 Å². The van der Waals surface area contributed by atoms with Gasteiger partial charge in [-0.05, 0) is 12.0 Å². The molecule has 0 aliphatic carbocycles. The Labute approximate surface area is 74.1 Å². The predicted molar refractivity (Wildman–Crippen MR) is 49.5 cm³/mol. The van der Waals surface area contributed by atoms with Gasteiger partial charge in [0, 0.05) is 6.42 Å². The van der Waals surface area contributed by atoms with Crippen LogP contribution in [0.5, 0.6) is 0 Å². The van der Waals surface area contributed by atoms with E-state index in [1.165, 1.54) is 0 Å². The highest BCUT2D eigenvalue weighted by atomic mass is 16.3. The molecule has 0 heterocycles. The van der Waals surface area contributed by atoms with E-state index >= 15 is 0 Å². The molecular weight excluding hydrogens is 148 g/mol. The van der Waals surface area contributed by atoms with Gasteiger partial charge in [0.15, 0.2) is 0 Å². The first-order valence-corrected chi connectivity index (χ1v) is 4.52. The Morgan fingerprint density at radius 3 is 2.50 bits per heavy atom. The molecule has 1 unspecified atom stereocenters. The van der Waals surface area contributed by atoms with Crippen molar-refractivity contribution in [2.75, 3.05) is 0 Å². The Balaban J connectivity index is 2.41. The van der Waals surface area contributed by atoms with E-state index in [9.17, 15) is 5.11 Å². The van der Waals surface area contributed by atoms with Crippen LogP contribution in [-0.4, -0.2) is 6.10 Å². The van der Waals surface area contributed by atoms with Gasteiger partial charge in [0.2, 0.25) is 0 Å². The van der Waals surface area contributed by atoms with Gasteiger partial charge in [-0.2, -0.15) is 0 Å². The van der Waals surface area contributed by atoms with Crippen molar-refractivity contribution in [2.24, 2.45) is 0 Å². The summed E-state index contributed by atoms with van der Waals surface area (Å²) in [5.74, 6) is 0. The third-order valence-electron chi connectivity index (χ3n) is 1.92. The molecule has 0 N–H and O–H groups in total. The van der Waals surface area contributed by atoms with Crippen LogP contribution >= 0.6 is 0 Å².